The van der Waals surface area contributed by atoms with Gasteiger partial charge in [0.15, 0.2) is 0 Å². The van der Waals surface area contributed by atoms with Crippen molar-refractivity contribution in [1.82, 2.24) is 9.62 Å². The number of benzene rings is 2. The highest BCUT2D eigenvalue weighted by atomic mass is 35.5. The van der Waals surface area contributed by atoms with Crippen molar-refractivity contribution in [2.24, 2.45) is 0 Å². The second kappa shape index (κ2) is 10.3. The van der Waals surface area contributed by atoms with Gasteiger partial charge in [-0.2, -0.15) is 0 Å². The van der Waals surface area contributed by atoms with E-state index in [-0.39, 0.29) is 34.5 Å². The Morgan fingerprint density at radius 2 is 1.94 bits per heavy atom. The molecular weight excluding hydrogens is 448 g/mol. The van der Waals surface area contributed by atoms with Crippen LogP contribution in [-0.2, 0) is 21.2 Å². The summed E-state index contributed by atoms with van der Waals surface area (Å²) in [7, 11) is -3.85. The molecule has 0 spiro atoms. The van der Waals surface area contributed by atoms with Gasteiger partial charge in [-0.1, -0.05) is 41.9 Å². The van der Waals surface area contributed by atoms with Crippen LogP contribution in [0.1, 0.15) is 48.0 Å². The summed E-state index contributed by atoms with van der Waals surface area (Å²) in [5, 5.41) is 0.100. The van der Waals surface area contributed by atoms with Crippen LogP contribution in [0.15, 0.2) is 53.4 Å². The van der Waals surface area contributed by atoms with Crippen LogP contribution in [0.3, 0.4) is 0 Å². The number of rotatable bonds is 8. The van der Waals surface area contributed by atoms with Crippen molar-refractivity contribution < 1.29 is 17.9 Å². The van der Waals surface area contributed by atoms with Gasteiger partial charge in [0.1, 0.15) is 4.90 Å². The van der Waals surface area contributed by atoms with Gasteiger partial charge in [-0.15, -0.1) is 0 Å². The highest BCUT2D eigenvalue weighted by molar-refractivity contribution is 7.89. The fraction of sp³-hybridized carbons (Fsp3) is 0.458. The number of nitrogens with one attached hydrogen (secondary N) is 1. The first kappa shape index (κ1) is 23.2. The Balaban J connectivity index is 1.46. The molecule has 0 saturated carbocycles. The maximum absolute atomic E-state index is 13.3. The largest absolute Gasteiger partial charge is 0.377 e. The van der Waals surface area contributed by atoms with E-state index >= 15 is 0 Å². The molecule has 8 heteroatoms. The molecule has 0 radical (unpaired) electrons. The minimum Gasteiger partial charge on any atom is -0.377 e. The van der Waals surface area contributed by atoms with E-state index in [0.717, 1.165) is 38.5 Å². The van der Waals surface area contributed by atoms with Gasteiger partial charge < -0.3 is 9.64 Å². The highest BCUT2D eigenvalue weighted by Crippen LogP contribution is 2.27. The number of carbonyl (C=O) groups is 1. The van der Waals surface area contributed by atoms with E-state index < -0.39 is 10.0 Å². The zero-order chi connectivity index (χ0) is 22.6. The highest BCUT2D eigenvalue weighted by Gasteiger charge is 2.30. The molecule has 2 aliphatic heterocycles. The molecule has 2 fully saturated rings. The summed E-state index contributed by atoms with van der Waals surface area (Å²) in [4.78, 5) is 15.1. The van der Waals surface area contributed by atoms with E-state index in [4.69, 9.17) is 16.3 Å². The molecule has 2 atom stereocenters. The molecular formula is C24H29ClN2O4S. The van der Waals surface area contributed by atoms with Crippen molar-refractivity contribution in [2.75, 3.05) is 19.7 Å². The number of hydrogen-bond acceptors (Lipinski definition) is 4. The van der Waals surface area contributed by atoms with E-state index in [1.165, 1.54) is 17.7 Å². The predicted molar refractivity (Wildman–Crippen MR) is 124 cm³/mol. The Morgan fingerprint density at radius 1 is 1.12 bits per heavy atom. The van der Waals surface area contributed by atoms with Gasteiger partial charge in [-0.05, 0) is 62.3 Å². The molecule has 32 heavy (non-hydrogen) atoms. The lowest BCUT2D eigenvalue weighted by atomic mass is 10.0. The second-order valence-corrected chi connectivity index (χ2v) is 10.6. The summed E-state index contributed by atoms with van der Waals surface area (Å²) in [6.07, 6.45) is 5.34. The van der Waals surface area contributed by atoms with Gasteiger partial charge in [-0.3, -0.25) is 4.79 Å². The third kappa shape index (κ3) is 5.52. The Labute approximate surface area is 195 Å². The third-order valence-corrected chi connectivity index (χ3v) is 8.14. The van der Waals surface area contributed by atoms with E-state index in [0.29, 0.717) is 18.7 Å². The molecule has 0 aromatic heterocycles. The monoisotopic (exact) mass is 476 g/mol. The fourth-order valence-corrected chi connectivity index (χ4v) is 6.06. The molecule has 0 aliphatic carbocycles. The lowest BCUT2D eigenvalue weighted by molar-refractivity contribution is 0.0730. The normalized spacial score (nSPS) is 21.2. The summed E-state index contributed by atoms with van der Waals surface area (Å²) >= 11 is 6.21. The maximum Gasteiger partial charge on any atom is 0.254 e. The smallest absolute Gasteiger partial charge is 0.254 e. The number of aryl methyl sites for hydroxylation is 1. The minimum absolute atomic E-state index is 0.0666. The van der Waals surface area contributed by atoms with Gasteiger partial charge in [0.2, 0.25) is 10.0 Å². The van der Waals surface area contributed by atoms with Crippen molar-refractivity contribution >= 4 is 27.5 Å². The van der Waals surface area contributed by atoms with Crippen LogP contribution in [0.4, 0.5) is 0 Å². The lowest BCUT2D eigenvalue weighted by Crippen LogP contribution is -2.36. The molecule has 2 aliphatic rings. The number of halogens is 1. The molecule has 0 bridgehead atoms. The van der Waals surface area contributed by atoms with Crippen LogP contribution >= 0.6 is 11.6 Å². The molecule has 172 valence electrons. The molecule has 2 saturated heterocycles. The average molecular weight is 477 g/mol. The van der Waals surface area contributed by atoms with Gasteiger partial charge in [-0.25, -0.2) is 13.1 Å². The second-order valence-electron chi connectivity index (χ2n) is 8.45. The van der Waals surface area contributed by atoms with E-state index in [1.807, 2.05) is 23.1 Å². The average Bonchev–Trinajstić information content (AvgIpc) is 3.49. The number of carbonyl (C=O) groups excluding carboxylic acids is 1. The molecule has 2 heterocycles. The number of nitrogens with zero attached hydrogens (tertiary/aromatic N) is 1. The summed E-state index contributed by atoms with van der Waals surface area (Å²) in [6.45, 7) is 1.53. The van der Waals surface area contributed by atoms with Crippen LogP contribution in [0.5, 0.6) is 0 Å². The SMILES string of the molecule is O=C(c1ccc(Cl)c(S(=O)(=O)NCC2CCCO2)c1)N1CCCC1CCc1ccccc1. The van der Waals surface area contributed by atoms with Crippen molar-refractivity contribution in [3.63, 3.8) is 0 Å². The standard InChI is InChI=1S/C24H29ClN2O4S/c25-22-13-11-19(16-23(22)32(29,30)26-17-21-9-5-15-31-21)24(28)27-14-4-8-20(27)12-10-18-6-2-1-3-7-18/h1-3,6-7,11,13,16,20-21,26H,4-5,8-10,12,14-15,17H2. The minimum atomic E-state index is -3.85. The van der Waals surface area contributed by atoms with Gasteiger partial charge >= 0.3 is 0 Å². The first-order valence-electron chi connectivity index (χ1n) is 11.2. The number of likely N-dealkylation sites (tertiary alicyclic amines) is 1. The Kier molecular flexibility index (Phi) is 7.51. The molecule has 6 nitrogen and oxygen atoms in total. The van der Waals surface area contributed by atoms with Crippen LogP contribution in [0.25, 0.3) is 0 Å². The first-order valence-corrected chi connectivity index (χ1v) is 13.1. The molecule has 4 rings (SSSR count). The van der Waals surface area contributed by atoms with Gasteiger partial charge in [0.05, 0.1) is 11.1 Å². The Morgan fingerprint density at radius 3 is 2.69 bits per heavy atom. The molecule has 2 aromatic carbocycles. The van der Waals surface area contributed by atoms with Crippen LogP contribution in [-0.4, -0.2) is 51.1 Å². The fourth-order valence-electron chi connectivity index (χ4n) is 4.48. The van der Waals surface area contributed by atoms with Crippen LogP contribution in [0.2, 0.25) is 5.02 Å². The summed E-state index contributed by atoms with van der Waals surface area (Å²) in [6, 6.07) is 14.9. The molecule has 1 amide bonds. The lowest BCUT2D eigenvalue weighted by Gasteiger charge is -2.25. The number of ether oxygens (including phenoxy) is 1. The zero-order valence-electron chi connectivity index (χ0n) is 18.0. The summed E-state index contributed by atoms with van der Waals surface area (Å²) < 4.78 is 33.8. The van der Waals surface area contributed by atoms with Crippen LogP contribution in [0, 0.1) is 0 Å². The number of sulfonamides is 1. The van der Waals surface area contributed by atoms with Crippen molar-refractivity contribution in [2.45, 2.75) is 55.6 Å². The zero-order valence-corrected chi connectivity index (χ0v) is 19.6. The van der Waals surface area contributed by atoms with Crippen molar-refractivity contribution in [1.29, 1.82) is 0 Å². The summed E-state index contributed by atoms with van der Waals surface area (Å²) in [5.74, 6) is -0.146. The van der Waals surface area contributed by atoms with Crippen molar-refractivity contribution in [3.05, 3.63) is 64.7 Å². The molecule has 2 unspecified atom stereocenters. The topological polar surface area (TPSA) is 75.7 Å². The van der Waals surface area contributed by atoms with E-state index in [9.17, 15) is 13.2 Å². The first-order chi connectivity index (χ1) is 15.4. The van der Waals surface area contributed by atoms with Crippen molar-refractivity contribution in [3.8, 4) is 0 Å². The van der Waals surface area contributed by atoms with E-state index in [1.54, 1.807) is 6.07 Å². The molecule has 2 aromatic rings. The Hall–Kier alpha value is -1.93. The number of amides is 1. The Bertz CT molecular complexity index is 1040. The third-order valence-electron chi connectivity index (χ3n) is 6.24. The van der Waals surface area contributed by atoms with Gasteiger partial charge in [0.25, 0.3) is 5.91 Å². The predicted octanol–water partition coefficient (Wildman–Crippen LogP) is 4.03. The molecule has 1 N–H and O–H groups in total. The van der Waals surface area contributed by atoms with Crippen LogP contribution < -0.4 is 4.72 Å². The quantitative estimate of drug-likeness (QED) is 0.624. The van der Waals surface area contributed by atoms with Gasteiger partial charge in [0, 0.05) is 31.3 Å². The van der Waals surface area contributed by atoms with E-state index in [2.05, 4.69) is 16.9 Å². The maximum atomic E-state index is 13.3. The summed E-state index contributed by atoms with van der Waals surface area (Å²) in [5.41, 5.74) is 1.60. The number of hydrogen-bond donors (Lipinski definition) is 1.